The van der Waals surface area contributed by atoms with Crippen LogP contribution in [-0.2, 0) is 16.4 Å². The molecule has 0 amide bonds. The van der Waals surface area contributed by atoms with E-state index in [1.165, 1.54) is 45.3 Å². The normalized spacial score (nSPS) is 17.5. The molecule has 0 atom stereocenters. The number of nitrogens with zero attached hydrogens (tertiary/aromatic N) is 3. The molecule has 0 bridgehead atoms. The summed E-state index contributed by atoms with van der Waals surface area (Å²) in [6.45, 7) is 9.17. The van der Waals surface area contributed by atoms with Gasteiger partial charge in [0, 0.05) is 45.0 Å². The van der Waals surface area contributed by atoms with E-state index >= 15 is 0 Å². The van der Waals surface area contributed by atoms with Crippen molar-refractivity contribution in [1.29, 1.82) is 0 Å². The Balaban J connectivity index is 0.00000141. The number of sulfone groups is 1. The van der Waals surface area contributed by atoms with Crippen LogP contribution >= 0.6 is 0 Å². The van der Waals surface area contributed by atoms with Crippen LogP contribution in [0, 0.1) is 7.43 Å². The van der Waals surface area contributed by atoms with Gasteiger partial charge < -0.3 is 12.2 Å². The van der Waals surface area contributed by atoms with E-state index in [2.05, 4.69) is 14.8 Å². The molecule has 184 valence electrons. The number of methoxy groups -OCH3 is 1. The fourth-order valence-corrected chi connectivity index (χ4v) is 5.75. The second kappa shape index (κ2) is 16.0. The molecule has 2 fully saturated rings. The molecule has 8 heteroatoms. The van der Waals surface area contributed by atoms with Gasteiger partial charge in [0.1, 0.15) is 5.75 Å². The fourth-order valence-electron chi connectivity index (χ4n) is 4.54. The van der Waals surface area contributed by atoms with Gasteiger partial charge in [0.05, 0.1) is 12.0 Å². The summed E-state index contributed by atoms with van der Waals surface area (Å²) >= 11 is 0. The number of ether oxygens (including phenoxy) is 1. The van der Waals surface area contributed by atoms with Crippen LogP contribution in [0.25, 0.3) is 0 Å². The first-order valence-corrected chi connectivity index (χ1v) is 13.3. The second-order valence-corrected chi connectivity index (χ2v) is 10.2. The van der Waals surface area contributed by atoms with Gasteiger partial charge >= 0.3 is 68.9 Å². The van der Waals surface area contributed by atoms with E-state index in [0.717, 1.165) is 44.3 Å². The third kappa shape index (κ3) is 8.59. The molecule has 0 N–H and O–H groups in total. The number of hydrogen-bond acceptors (Lipinski definition) is 6. The summed E-state index contributed by atoms with van der Waals surface area (Å²) in [6, 6.07) is 10.8. The van der Waals surface area contributed by atoms with Crippen molar-refractivity contribution >= 4 is 9.84 Å². The molecule has 1 aromatic heterocycles. The first kappa shape index (κ1) is 32.1. The molecular weight excluding hydrogens is 567 g/mol. The molecule has 6 nitrogen and oxygen atoms in total. The molecule has 2 heterocycles. The molecule has 2 aromatic rings. The van der Waals surface area contributed by atoms with Crippen LogP contribution in [0.15, 0.2) is 52.5 Å². The third-order valence-electron chi connectivity index (χ3n) is 6.33. The minimum atomic E-state index is -3.65. The summed E-state index contributed by atoms with van der Waals surface area (Å²) in [6.07, 6.45) is 8.55. The number of benzene rings is 1. The van der Waals surface area contributed by atoms with E-state index in [9.17, 15) is 8.42 Å². The van der Waals surface area contributed by atoms with Crippen molar-refractivity contribution in [1.82, 2.24) is 14.8 Å². The summed E-state index contributed by atoms with van der Waals surface area (Å²) in [4.78, 5) is 9.57. The van der Waals surface area contributed by atoms with Gasteiger partial charge in [0.2, 0.25) is 9.84 Å². The maximum absolute atomic E-state index is 12.9. The van der Waals surface area contributed by atoms with Gasteiger partial charge in [-0.1, -0.05) is 45.2 Å². The zero-order valence-electron chi connectivity index (χ0n) is 21.7. The average molecular weight is 608 g/mol. The molecule has 0 unspecified atom stereocenters. The molecule has 0 spiro atoms. The van der Waals surface area contributed by atoms with Crippen LogP contribution in [0.5, 0.6) is 5.75 Å². The van der Waals surface area contributed by atoms with Crippen molar-refractivity contribution in [2.24, 2.45) is 0 Å². The minimum Gasteiger partial charge on any atom is -0.497 e. The molecule has 4 rings (SSSR count). The van der Waals surface area contributed by atoms with Gasteiger partial charge in [-0.3, -0.25) is 9.80 Å². The van der Waals surface area contributed by atoms with Crippen molar-refractivity contribution < 1.29 is 82.0 Å². The standard InChI is InChI=1S/C23H31N3O3S.C2H6.CH3.Cs/c1-29-21-8-5-9-22(16-21)30(27,28)23-11-10-19(17-24-23)18-25-12-14-26(15-13-25)20-6-3-2-4-7-20;1-2;;/h5,8-11,16-17,20H,2-4,6-7,12-15,18H2,1H3;1-2H3;1H3;/q;;-1;+1. The molecule has 1 aliphatic heterocycles. The first-order chi connectivity index (χ1) is 15.6. The van der Waals surface area contributed by atoms with Gasteiger partial charge in [-0.25, -0.2) is 13.4 Å². The van der Waals surface area contributed by atoms with Crippen molar-refractivity contribution in [3.8, 4) is 5.75 Å². The number of rotatable bonds is 6. The van der Waals surface area contributed by atoms with Gasteiger partial charge in [0.25, 0.3) is 0 Å². The Labute approximate surface area is 266 Å². The van der Waals surface area contributed by atoms with Crippen molar-refractivity contribution in [3.63, 3.8) is 0 Å². The molecule has 1 aliphatic carbocycles. The van der Waals surface area contributed by atoms with Crippen molar-refractivity contribution in [2.45, 2.75) is 68.5 Å². The zero-order chi connectivity index (χ0) is 23.0. The molecule has 1 saturated carbocycles. The van der Waals surface area contributed by atoms with Gasteiger partial charge in [-0.15, -0.1) is 0 Å². The van der Waals surface area contributed by atoms with E-state index in [1.807, 2.05) is 19.9 Å². The summed E-state index contributed by atoms with van der Waals surface area (Å²) in [7, 11) is -2.13. The summed E-state index contributed by atoms with van der Waals surface area (Å²) in [5.74, 6) is 0.514. The second-order valence-electron chi connectivity index (χ2n) is 8.29. The topological polar surface area (TPSA) is 62.7 Å². The molecule has 2 aliphatic rings. The van der Waals surface area contributed by atoms with Crippen LogP contribution in [-0.4, -0.2) is 62.5 Å². The number of hydrogen-bond donors (Lipinski definition) is 0. The maximum atomic E-state index is 12.9. The van der Waals surface area contributed by atoms with E-state index in [-0.39, 0.29) is 86.2 Å². The summed E-state index contributed by atoms with van der Waals surface area (Å²) in [5, 5.41) is 0.0709. The monoisotopic (exact) mass is 607 g/mol. The smallest absolute Gasteiger partial charge is 0.497 e. The Morgan fingerprint density at radius 1 is 1.00 bits per heavy atom. The van der Waals surface area contributed by atoms with Crippen LogP contribution in [0.2, 0.25) is 0 Å². The predicted molar refractivity (Wildman–Crippen MR) is 134 cm³/mol. The van der Waals surface area contributed by atoms with Gasteiger partial charge in [-0.2, -0.15) is 0 Å². The SMILES string of the molecule is CC.COc1cccc(S(=O)(=O)c2ccc(CN3CCN(C4CCCCC4)CC3)cn2)c1.[CH3-].[Cs+]. The van der Waals surface area contributed by atoms with E-state index in [4.69, 9.17) is 4.74 Å². The van der Waals surface area contributed by atoms with E-state index in [0.29, 0.717) is 5.75 Å². The molecule has 0 radical (unpaired) electrons. The third-order valence-corrected chi connectivity index (χ3v) is 8.00. The number of aromatic nitrogens is 1. The number of piperazine rings is 1. The Bertz CT molecular complexity index is 940. The molecule has 34 heavy (non-hydrogen) atoms. The number of pyridine rings is 1. The van der Waals surface area contributed by atoms with Crippen LogP contribution in [0.4, 0.5) is 0 Å². The van der Waals surface area contributed by atoms with Gasteiger partial charge in [0.15, 0.2) is 5.03 Å². The Kier molecular flexibility index (Phi) is 15.2. The Hall–Kier alpha value is 0.0919. The van der Waals surface area contributed by atoms with Crippen LogP contribution in [0.1, 0.15) is 51.5 Å². The minimum absolute atomic E-state index is 0. The molecule has 1 aromatic carbocycles. The predicted octanol–water partition coefficient (Wildman–Crippen LogP) is 1.85. The van der Waals surface area contributed by atoms with Gasteiger partial charge in [-0.05, 0) is 42.7 Å². The van der Waals surface area contributed by atoms with E-state index in [1.54, 1.807) is 30.5 Å². The summed E-state index contributed by atoms with van der Waals surface area (Å²) < 4.78 is 30.9. The Morgan fingerprint density at radius 3 is 2.26 bits per heavy atom. The van der Waals surface area contributed by atoms with E-state index < -0.39 is 9.84 Å². The van der Waals surface area contributed by atoms with Crippen molar-refractivity contribution in [3.05, 3.63) is 55.6 Å². The van der Waals surface area contributed by atoms with Crippen LogP contribution < -0.4 is 73.6 Å². The molecular formula is C26H40CsN3O3S. The molecule has 1 saturated heterocycles. The maximum Gasteiger partial charge on any atom is 1.00 e. The Morgan fingerprint density at radius 2 is 1.68 bits per heavy atom. The van der Waals surface area contributed by atoms with Crippen LogP contribution in [0.3, 0.4) is 0 Å². The quantitative estimate of drug-likeness (QED) is 0.468. The fraction of sp³-hybridized carbons (Fsp3) is 0.538. The zero-order valence-corrected chi connectivity index (χ0v) is 28.8. The average Bonchev–Trinajstić information content (AvgIpc) is 2.86. The first-order valence-electron chi connectivity index (χ1n) is 11.9. The van der Waals surface area contributed by atoms with Crippen molar-refractivity contribution in [2.75, 3.05) is 33.3 Å². The summed E-state index contributed by atoms with van der Waals surface area (Å²) in [5.41, 5.74) is 1.05. The largest absolute Gasteiger partial charge is 1.00 e.